The van der Waals surface area contributed by atoms with Crippen molar-refractivity contribution in [3.8, 4) is 0 Å². The first-order chi connectivity index (χ1) is 11.3. The van der Waals surface area contributed by atoms with Gasteiger partial charge in [-0.05, 0) is 52.9 Å². The molecule has 126 valence electrons. The van der Waals surface area contributed by atoms with Crippen molar-refractivity contribution in [3.05, 3.63) is 52.1 Å². The Morgan fingerprint density at radius 3 is 2.38 bits per heavy atom. The molecule has 0 amide bonds. The number of halogens is 1. The van der Waals surface area contributed by atoms with Crippen LogP contribution in [0.4, 0.5) is 11.4 Å². The molecule has 0 atom stereocenters. The smallest absolute Gasteiger partial charge is 0.238 e. The van der Waals surface area contributed by atoms with Crippen molar-refractivity contribution in [1.29, 1.82) is 0 Å². The number of para-hydroxylation sites is 1. The standard InChI is InChI=1S/C15H14IN3O2S3/c16-12-6-1-2-7-13(12)19-15(23)9-14(22)18-10-4-3-5-11(8-10)24(17,20)21/h1-8H,9H2,(H,18,22)(H,19,23)(H2,17,20,21). The quantitative estimate of drug-likeness (QED) is 0.439. The Bertz CT molecular complexity index is 885. The van der Waals surface area contributed by atoms with E-state index in [0.29, 0.717) is 22.1 Å². The van der Waals surface area contributed by atoms with Gasteiger partial charge >= 0.3 is 0 Å². The number of hydrogen-bond donors (Lipinski definition) is 3. The van der Waals surface area contributed by atoms with Gasteiger partial charge < -0.3 is 10.6 Å². The van der Waals surface area contributed by atoms with E-state index in [1.165, 1.54) is 12.1 Å². The first-order valence-electron chi connectivity index (χ1n) is 6.73. The predicted molar refractivity (Wildman–Crippen MR) is 114 cm³/mol. The molecule has 0 bridgehead atoms. The first-order valence-corrected chi connectivity index (χ1v) is 10.2. The highest BCUT2D eigenvalue weighted by Gasteiger charge is 2.09. The van der Waals surface area contributed by atoms with Crippen LogP contribution in [-0.2, 0) is 10.0 Å². The van der Waals surface area contributed by atoms with E-state index in [-0.39, 0.29) is 4.90 Å². The number of nitrogens with two attached hydrogens (primary N) is 1. The number of anilines is 2. The fourth-order valence-corrected chi connectivity index (χ4v) is 3.55. The van der Waals surface area contributed by atoms with Crippen LogP contribution in [0, 0.1) is 3.57 Å². The van der Waals surface area contributed by atoms with Crippen LogP contribution < -0.4 is 15.8 Å². The highest BCUT2D eigenvalue weighted by Crippen LogP contribution is 2.18. The number of thiocarbonyl (C=S) groups is 2. The zero-order chi connectivity index (χ0) is 17.7. The van der Waals surface area contributed by atoms with E-state index in [9.17, 15) is 8.42 Å². The summed E-state index contributed by atoms with van der Waals surface area (Å²) in [5, 5.41) is 11.2. The van der Waals surface area contributed by atoms with Crippen LogP contribution in [0.2, 0.25) is 0 Å². The van der Waals surface area contributed by atoms with E-state index in [1.807, 2.05) is 24.3 Å². The summed E-state index contributed by atoms with van der Waals surface area (Å²) >= 11 is 12.8. The normalized spacial score (nSPS) is 10.9. The Hall–Kier alpha value is -1.14. The lowest BCUT2D eigenvalue weighted by atomic mass is 10.3. The largest absolute Gasteiger partial charge is 0.350 e. The molecule has 0 fully saturated rings. The molecule has 2 rings (SSSR count). The summed E-state index contributed by atoms with van der Waals surface area (Å²) in [4.78, 5) is 1.07. The van der Waals surface area contributed by atoms with Crippen LogP contribution in [0.25, 0.3) is 0 Å². The van der Waals surface area contributed by atoms with Gasteiger partial charge in [0.05, 0.1) is 20.6 Å². The van der Waals surface area contributed by atoms with Crippen LogP contribution in [0.5, 0.6) is 0 Å². The molecule has 0 radical (unpaired) electrons. The third-order valence-electron chi connectivity index (χ3n) is 2.92. The van der Waals surface area contributed by atoms with E-state index in [1.54, 1.807) is 12.1 Å². The monoisotopic (exact) mass is 491 g/mol. The van der Waals surface area contributed by atoms with E-state index < -0.39 is 10.0 Å². The minimum atomic E-state index is -3.75. The molecule has 9 heteroatoms. The first kappa shape index (κ1) is 19.2. The Kier molecular flexibility index (Phi) is 6.63. The van der Waals surface area contributed by atoms with Crippen LogP contribution in [0.15, 0.2) is 53.4 Å². The molecular formula is C15H14IN3O2S3. The molecule has 0 saturated carbocycles. The maximum atomic E-state index is 11.4. The van der Waals surface area contributed by atoms with Gasteiger partial charge in [0.1, 0.15) is 0 Å². The molecule has 0 aliphatic carbocycles. The second-order valence-electron chi connectivity index (χ2n) is 4.83. The van der Waals surface area contributed by atoms with E-state index >= 15 is 0 Å². The van der Waals surface area contributed by atoms with Crippen molar-refractivity contribution in [1.82, 2.24) is 0 Å². The minimum Gasteiger partial charge on any atom is -0.350 e. The third-order valence-corrected chi connectivity index (χ3v) is 5.26. The second-order valence-corrected chi connectivity index (χ2v) is 8.54. The van der Waals surface area contributed by atoms with Gasteiger partial charge in [0, 0.05) is 15.7 Å². The lowest BCUT2D eigenvalue weighted by Gasteiger charge is -2.12. The zero-order valence-corrected chi connectivity index (χ0v) is 16.9. The third kappa shape index (κ3) is 5.74. The summed E-state index contributed by atoms with van der Waals surface area (Å²) in [6.07, 6.45) is 0.343. The Morgan fingerprint density at radius 1 is 1.04 bits per heavy atom. The van der Waals surface area contributed by atoms with Crippen molar-refractivity contribution < 1.29 is 8.42 Å². The van der Waals surface area contributed by atoms with E-state index in [4.69, 9.17) is 29.6 Å². The van der Waals surface area contributed by atoms with Gasteiger partial charge in [-0.3, -0.25) is 0 Å². The van der Waals surface area contributed by atoms with Crippen molar-refractivity contribution in [3.63, 3.8) is 0 Å². The fourth-order valence-electron chi connectivity index (χ4n) is 1.86. The molecule has 0 heterocycles. The van der Waals surface area contributed by atoms with Gasteiger partial charge in [-0.2, -0.15) is 0 Å². The van der Waals surface area contributed by atoms with Gasteiger partial charge in [0.2, 0.25) is 10.0 Å². The molecule has 4 N–H and O–H groups in total. The minimum absolute atomic E-state index is 0.0230. The number of nitrogens with one attached hydrogen (secondary N) is 2. The Balaban J connectivity index is 1.98. The average Bonchev–Trinajstić information content (AvgIpc) is 2.49. The number of primary sulfonamides is 1. The van der Waals surface area contributed by atoms with E-state index in [0.717, 1.165) is 9.26 Å². The number of hydrogen-bond acceptors (Lipinski definition) is 4. The van der Waals surface area contributed by atoms with Gasteiger partial charge in [-0.1, -0.05) is 42.6 Å². The summed E-state index contributed by atoms with van der Waals surface area (Å²) in [6, 6.07) is 13.9. The molecule has 2 aromatic rings. The van der Waals surface area contributed by atoms with Crippen LogP contribution in [0.1, 0.15) is 6.42 Å². The highest BCUT2D eigenvalue weighted by molar-refractivity contribution is 14.1. The fraction of sp³-hybridized carbons (Fsp3) is 0.0667. The highest BCUT2D eigenvalue weighted by atomic mass is 127. The summed E-state index contributed by atoms with van der Waals surface area (Å²) < 4.78 is 23.8. The molecular weight excluding hydrogens is 477 g/mol. The maximum absolute atomic E-state index is 11.4. The molecule has 0 aromatic heterocycles. The SMILES string of the molecule is NS(=O)(=O)c1cccc(NC(=S)CC(=S)Nc2ccccc2I)c1. The van der Waals surface area contributed by atoms with Gasteiger partial charge in [0.25, 0.3) is 0 Å². The molecule has 0 spiro atoms. The zero-order valence-electron chi connectivity index (χ0n) is 12.3. The summed E-state index contributed by atoms with van der Waals surface area (Å²) in [5.41, 5.74) is 1.46. The van der Waals surface area contributed by atoms with Gasteiger partial charge in [0.15, 0.2) is 0 Å². The van der Waals surface area contributed by atoms with Crippen LogP contribution >= 0.6 is 47.0 Å². The lowest BCUT2D eigenvalue weighted by molar-refractivity contribution is 0.598. The van der Waals surface area contributed by atoms with Gasteiger partial charge in [-0.25, -0.2) is 13.6 Å². The summed E-state index contributed by atoms with van der Waals surface area (Å²) in [5.74, 6) is 0. The van der Waals surface area contributed by atoms with Crippen molar-refractivity contribution in [2.24, 2.45) is 5.14 Å². The van der Waals surface area contributed by atoms with E-state index in [2.05, 4.69) is 33.2 Å². The predicted octanol–water partition coefficient (Wildman–Crippen LogP) is 3.51. The summed E-state index contributed by atoms with van der Waals surface area (Å²) in [7, 11) is -3.75. The van der Waals surface area contributed by atoms with Gasteiger partial charge in [-0.15, -0.1) is 0 Å². The van der Waals surface area contributed by atoms with Crippen LogP contribution in [0.3, 0.4) is 0 Å². The Labute approximate surface area is 165 Å². The molecule has 0 aliphatic rings. The average molecular weight is 491 g/mol. The lowest BCUT2D eigenvalue weighted by Crippen LogP contribution is -2.19. The summed E-state index contributed by atoms with van der Waals surface area (Å²) in [6.45, 7) is 0. The number of sulfonamides is 1. The van der Waals surface area contributed by atoms with Crippen molar-refractivity contribution in [2.75, 3.05) is 10.6 Å². The second kappa shape index (κ2) is 8.30. The van der Waals surface area contributed by atoms with Crippen molar-refractivity contribution in [2.45, 2.75) is 11.3 Å². The van der Waals surface area contributed by atoms with Crippen LogP contribution in [-0.4, -0.2) is 18.4 Å². The number of benzene rings is 2. The molecule has 5 nitrogen and oxygen atoms in total. The maximum Gasteiger partial charge on any atom is 0.238 e. The Morgan fingerprint density at radius 2 is 1.71 bits per heavy atom. The molecule has 2 aromatic carbocycles. The molecule has 24 heavy (non-hydrogen) atoms. The molecule has 0 unspecified atom stereocenters. The van der Waals surface area contributed by atoms with Crippen molar-refractivity contribution >= 4 is 78.4 Å². The number of rotatable bonds is 5. The molecule has 0 aliphatic heterocycles. The molecule has 0 saturated heterocycles. The topological polar surface area (TPSA) is 84.2 Å².